The second-order valence-corrected chi connectivity index (χ2v) is 8.85. The summed E-state index contributed by atoms with van der Waals surface area (Å²) in [5, 5.41) is 3.88. The third-order valence-corrected chi connectivity index (χ3v) is 6.02. The highest BCUT2D eigenvalue weighted by Gasteiger charge is 2.51. The minimum atomic E-state index is -3.66. The molecule has 1 saturated heterocycles. The summed E-state index contributed by atoms with van der Waals surface area (Å²) in [6.07, 6.45) is 2.75. The molecule has 0 aliphatic carbocycles. The molecule has 3 rings (SSSR count). The van der Waals surface area contributed by atoms with Crippen molar-refractivity contribution in [3.05, 3.63) is 36.7 Å². The van der Waals surface area contributed by atoms with Gasteiger partial charge in [-0.25, -0.2) is 8.42 Å². The van der Waals surface area contributed by atoms with Crippen LogP contribution in [0.3, 0.4) is 0 Å². The molecule has 7 nitrogen and oxygen atoms in total. The smallest absolute Gasteiger partial charge is 0.399 e. The Kier molecular flexibility index (Phi) is 4.21. The predicted molar refractivity (Wildman–Crippen MR) is 96.2 cm³/mol. The van der Waals surface area contributed by atoms with Gasteiger partial charge in [0, 0.05) is 18.9 Å². The summed E-state index contributed by atoms with van der Waals surface area (Å²) in [5.41, 5.74) is 0.461. The highest BCUT2D eigenvalue weighted by Crippen LogP contribution is 2.36. The van der Waals surface area contributed by atoms with Crippen molar-refractivity contribution >= 4 is 28.3 Å². The standard InChI is InChI=1S/C16H22BN3O4S/c1-15(2)16(3,4)24-17(23-15)12-6-8-13(9-7-12)19-25(21,22)14-10-18-20(5)11-14/h6-11,19H,1-5H3. The maximum absolute atomic E-state index is 12.3. The number of sulfonamides is 1. The molecule has 0 unspecified atom stereocenters. The van der Waals surface area contributed by atoms with Crippen molar-refractivity contribution in [2.75, 3.05) is 4.72 Å². The topological polar surface area (TPSA) is 82.5 Å². The normalized spacial score (nSPS) is 19.2. The molecule has 1 aromatic heterocycles. The minimum Gasteiger partial charge on any atom is -0.399 e. The van der Waals surface area contributed by atoms with Crippen LogP contribution >= 0.6 is 0 Å². The molecule has 25 heavy (non-hydrogen) atoms. The number of benzene rings is 1. The van der Waals surface area contributed by atoms with Crippen molar-refractivity contribution in [2.24, 2.45) is 7.05 Å². The monoisotopic (exact) mass is 363 g/mol. The summed E-state index contributed by atoms with van der Waals surface area (Å²) < 4.78 is 40.6. The van der Waals surface area contributed by atoms with Crippen LogP contribution in [0, 0.1) is 0 Å². The van der Waals surface area contributed by atoms with Gasteiger partial charge < -0.3 is 9.31 Å². The van der Waals surface area contributed by atoms with Crippen molar-refractivity contribution in [3.8, 4) is 0 Å². The number of hydrogen-bond acceptors (Lipinski definition) is 5. The van der Waals surface area contributed by atoms with Gasteiger partial charge in [-0.2, -0.15) is 5.10 Å². The fourth-order valence-electron chi connectivity index (χ4n) is 2.44. The van der Waals surface area contributed by atoms with Crippen LogP contribution < -0.4 is 10.2 Å². The van der Waals surface area contributed by atoms with Gasteiger partial charge in [-0.05, 0) is 45.3 Å². The molecular formula is C16H22BN3O4S. The number of nitrogens with one attached hydrogen (secondary N) is 1. The lowest BCUT2D eigenvalue weighted by Crippen LogP contribution is -2.41. The van der Waals surface area contributed by atoms with Crippen LogP contribution in [0.5, 0.6) is 0 Å². The van der Waals surface area contributed by atoms with Crippen LogP contribution in [0.15, 0.2) is 41.6 Å². The number of hydrogen-bond donors (Lipinski definition) is 1. The molecule has 0 spiro atoms. The van der Waals surface area contributed by atoms with Crippen LogP contribution in [0.2, 0.25) is 0 Å². The maximum Gasteiger partial charge on any atom is 0.494 e. The molecule has 2 aromatic rings. The summed E-state index contributed by atoms with van der Waals surface area (Å²) in [6.45, 7) is 7.96. The van der Waals surface area contributed by atoms with E-state index in [-0.39, 0.29) is 4.90 Å². The highest BCUT2D eigenvalue weighted by molar-refractivity contribution is 7.92. The molecule has 0 amide bonds. The molecule has 1 aromatic carbocycles. The van der Waals surface area contributed by atoms with Crippen molar-refractivity contribution < 1.29 is 17.7 Å². The largest absolute Gasteiger partial charge is 0.494 e. The molecule has 1 aliphatic heterocycles. The number of rotatable bonds is 4. The highest BCUT2D eigenvalue weighted by atomic mass is 32.2. The summed E-state index contributed by atoms with van der Waals surface area (Å²) in [4.78, 5) is 0.116. The first-order valence-corrected chi connectivity index (χ1v) is 9.46. The van der Waals surface area contributed by atoms with Crippen molar-refractivity contribution in [1.29, 1.82) is 0 Å². The molecule has 1 aliphatic rings. The Morgan fingerprint density at radius 3 is 2.12 bits per heavy atom. The van der Waals surface area contributed by atoms with Crippen LogP contribution in [-0.2, 0) is 26.4 Å². The number of anilines is 1. The third kappa shape index (κ3) is 3.44. The first kappa shape index (κ1) is 18.0. The number of aromatic nitrogens is 2. The van der Waals surface area contributed by atoms with Gasteiger partial charge in [-0.15, -0.1) is 0 Å². The second kappa shape index (κ2) is 5.86. The molecule has 1 fully saturated rings. The molecule has 0 radical (unpaired) electrons. The zero-order valence-electron chi connectivity index (χ0n) is 15.0. The Bertz CT molecular complexity index is 859. The Hall–Kier alpha value is -1.84. The van der Waals surface area contributed by atoms with Gasteiger partial charge in [0.25, 0.3) is 10.0 Å². The van der Waals surface area contributed by atoms with E-state index in [2.05, 4.69) is 9.82 Å². The maximum atomic E-state index is 12.3. The van der Waals surface area contributed by atoms with E-state index in [1.165, 1.54) is 17.1 Å². The van der Waals surface area contributed by atoms with E-state index >= 15 is 0 Å². The average Bonchev–Trinajstić information content (AvgIpc) is 3.01. The number of nitrogens with zero attached hydrogens (tertiary/aromatic N) is 2. The van der Waals surface area contributed by atoms with Gasteiger partial charge in [0.15, 0.2) is 0 Å². The van der Waals surface area contributed by atoms with Gasteiger partial charge in [0.1, 0.15) is 4.90 Å². The van der Waals surface area contributed by atoms with E-state index in [0.29, 0.717) is 5.69 Å². The van der Waals surface area contributed by atoms with Crippen molar-refractivity contribution in [1.82, 2.24) is 9.78 Å². The van der Waals surface area contributed by atoms with E-state index in [1.807, 2.05) is 27.7 Å². The third-order valence-electron chi connectivity index (χ3n) is 4.68. The quantitative estimate of drug-likeness (QED) is 0.833. The molecule has 0 atom stereocenters. The summed E-state index contributed by atoms with van der Waals surface area (Å²) in [6, 6.07) is 6.97. The van der Waals surface area contributed by atoms with Gasteiger partial charge >= 0.3 is 7.12 Å². The molecule has 1 N–H and O–H groups in total. The minimum absolute atomic E-state index is 0.116. The summed E-state index contributed by atoms with van der Waals surface area (Å²) >= 11 is 0. The van der Waals surface area contributed by atoms with Gasteiger partial charge in [-0.1, -0.05) is 12.1 Å². The van der Waals surface area contributed by atoms with Gasteiger partial charge in [-0.3, -0.25) is 9.40 Å². The fourth-order valence-corrected chi connectivity index (χ4v) is 3.48. The first-order chi connectivity index (χ1) is 11.5. The lowest BCUT2D eigenvalue weighted by atomic mass is 9.79. The number of aryl methyl sites for hydroxylation is 1. The van der Waals surface area contributed by atoms with E-state index in [4.69, 9.17) is 9.31 Å². The van der Waals surface area contributed by atoms with E-state index < -0.39 is 28.3 Å². The Balaban J connectivity index is 1.75. The van der Waals surface area contributed by atoms with E-state index in [9.17, 15) is 8.42 Å². The molecule has 9 heteroatoms. The summed E-state index contributed by atoms with van der Waals surface area (Å²) in [7, 11) is -2.47. The zero-order chi connectivity index (χ0) is 18.5. The summed E-state index contributed by atoms with van der Waals surface area (Å²) in [5.74, 6) is 0. The fraction of sp³-hybridized carbons (Fsp3) is 0.438. The first-order valence-electron chi connectivity index (χ1n) is 7.97. The van der Waals surface area contributed by atoms with E-state index in [1.54, 1.807) is 31.3 Å². The molecule has 0 saturated carbocycles. The van der Waals surface area contributed by atoms with Crippen molar-refractivity contribution in [3.63, 3.8) is 0 Å². The van der Waals surface area contributed by atoms with Crippen LogP contribution in [0.4, 0.5) is 5.69 Å². The predicted octanol–water partition coefficient (Wildman–Crippen LogP) is 1.52. The van der Waals surface area contributed by atoms with Crippen LogP contribution in [0.1, 0.15) is 27.7 Å². The van der Waals surface area contributed by atoms with Crippen molar-refractivity contribution in [2.45, 2.75) is 43.8 Å². The lowest BCUT2D eigenvalue weighted by Gasteiger charge is -2.32. The second-order valence-electron chi connectivity index (χ2n) is 7.17. The van der Waals surface area contributed by atoms with Crippen LogP contribution in [0.25, 0.3) is 0 Å². The Morgan fingerprint density at radius 1 is 1.08 bits per heavy atom. The molecule has 2 heterocycles. The average molecular weight is 363 g/mol. The molecule has 134 valence electrons. The SMILES string of the molecule is Cn1cc(S(=O)(=O)Nc2ccc(B3OC(C)(C)C(C)(C)O3)cc2)cn1. The zero-order valence-corrected chi connectivity index (χ0v) is 15.8. The lowest BCUT2D eigenvalue weighted by molar-refractivity contribution is 0.00578. The van der Waals surface area contributed by atoms with Gasteiger partial charge in [0.05, 0.1) is 17.4 Å². The molecule has 0 bridgehead atoms. The van der Waals surface area contributed by atoms with Crippen LogP contribution in [-0.4, -0.2) is 36.5 Å². The van der Waals surface area contributed by atoms with E-state index in [0.717, 1.165) is 5.46 Å². The molecular weight excluding hydrogens is 341 g/mol. The Labute approximate surface area is 148 Å². The Morgan fingerprint density at radius 2 is 1.64 bits per heavy atom. The van der Waals surface area contributed by atoms with Gasteiger partial charge in [0.2, 0.25) is 0 Å².